The van der Waals surface area contributed by atoms with E-state index in [1.165, 1.54) is 31.5 Å². The van der Waals surface area contributed by atoms with Gasteiger partial charge in [-0.2, -0.15) is 0 Å². The molecular formula is C18H21ClFN3O4. The van der Waals surface area contributed by atoms with Crippen LogP contribution in [0.15, 0.2) is 34.0 Å². The number of halogens is 2. The number of esters is 1. The van der Waals surface area contributed by atoms with Crippen LogP contribution in [0.4, 0.5) is 4.39 Å². The normalized spacial score (nSPS) is 12.0. The lowest BCUT2D eigenvalue weighted by atomic mass is 10.1. The third-order valence-electron chi connectivity index (χ3n) is 4.28. The largest absolute Gasteiger partial charge is 0.468 e. The molecule has 0 aliphatic carbocycles. The number of carbonyl (C=O) groups is 1. The second-order valence-corrected chi connectivity index (χ2v) is 6.44. The number of benzene rings is 1. The average Bonchev–Trinajstić information content (AvgIpc) is 2.66. The Morgan fingerprint density at radius 3 is 2.67 bits per heavy atom. The number of rotatable bonds is 7. The van der Waals surface area contributed by atoms with Gasteiger partial charge in [-0.25, -0.2) is 9.18 Å². The van der Waals surface area contributed by atoms with Gasteiger partial charge < -0.3 is 10.1 Å². The Kier molecular flexibility index (Phi) is 6.92. The van der Waals surface area contributed by atoms with E-state index in [1.54, 1.807) is 7.05 Å². The van der Waals surface area contributed by atoms with Gasteiger partial charge >= 0.3 is 11.7 Å². The number of methoxy groups -OCH3 is 1. The Morgan fingerprint density at radius 2 is 2.04 bits per heavy atom. The quantitative estimate of drug-likeness (QED) is 0.718. The summed E-state index contributed by atoms with van der Waals surface area (Å²) >= 11 is 6.02. The lowest BCUT2D eigenvalue weighted by Gasteiger charge is -2.15. The topological polar surface area (TPSA) is 82.3 Å². The SMILES string of the molecule is CNC(C)CCn1c(=O)c(-c2cccc(F)c2Cl)cn(CC(=O)OC)c1=O. The summed E-state index contributed by atoms with van der Waals surface area (Å²) in [7, 11) is 2.97. The third-order valence-corrected chi connectivity index (χ3v) is 4.67. The van der Waals surface area contributed by atoms with Crippen molar-refractivity contribution in [2.75, 3.05) is 14.2 Å². The molecule has 1 heterocycles. The molecule has 0 saturated carbocycles. The summed E-state index contributed by atoms with van der Waals surface area (Å²) in [6, 6.07) is 4.13. The van der Waals surface area contributed by atoms with Crippen molar-refractivity contribution in [1.29, 1.82) is 0 Å². The summed E-state index contributed by atoms with van der Waals surface area (Å²) in [6.07, 6.45) is 1.71. The van der Waals surface area contributed by atoms with Gasteiger partial charge in [0.15, 0.2) is 0 Å². The summed E-state index contributed by atoms with van der Waals surface area (Å²) in [6.45, 7) is 1.66. The molecule has 1 unspecified atom stereocenters. The van der Waals surface area contributed by atoms with Gasteiger partial charge in [0.05, 0.1) is 17.7 Å². The molecule has 1 N–H and O–H groups in total. The minimum Gasteiger partial charge on any atom is -0.468 e. The molecule has 0 aliphatic rings. The van der Waals surface area contributed by atoms with Crippen molar-refractivity contribution in [3.05, 3.63) is 56.1 Å². The highest BCUT2D eigenvalue weighted by Crippen LogP contribution is 2.27. The van der Waals surface area contributed by atoms with Gasteiger partial charge in [0.1, 0.15) is 12.4 Å². The highest BCUT2D eigenvalue weighted by atomic mass is 35.5. The number of carbonyl (C=O) groups excluding carboxylic acids is 1. The molecular weight excluding hydrogens is 377 g/mol. The predicted molar refractivity (Wildman–Crippen MR) is 101 cm³/mol. The van der Waals surface area contributed by atoms with Crippen molar-refractivity contribution in [1.82, 2.24) is 14.5 Å². The van der Waals surface area contributed by atoms with Gasteiger partial charge in [0, 0.05) is 24.3 Å². The number of nitrogens with one attached hydrogen (secondary N) is 1. The first-order chi connectivity index (χ1) is 12.8. The molecule has 1 aromatic heterocycles. The second kappa shape index (κ2) is 8.96. The monoisotopic (exact) mass is 397 g/mol. The maximum Gasteiger partial charge on any atom is 0.331 e. The molecule has 9 heteroatoms. The van der Waals surface area contributed by atoms with Crippen molar-refractivity contribution < 1.29 is 13.9 Å². The molecule has 27 heavy (non-hydrogen) atoms. The fourth-order valence-corrected chi connectivity index (χ4v) is 2.76. The van der Waals surface area contributed by atoms with E-state index < -0.39 is 23.0 Å². The van der Waals surface area contributed by atoms with Crippen LogP contribution >= 0.6 is 11.6 Å². The molecule has 1 aromatic carbocycles. The van der Waals surface area contributed by atoms with Crippen LogP contribution in [0.2, 0.25) is 5.02 Å². The summed E-state index contributed by atoms with van der Waals surface area (Å²) in [5, 5.41) is 2.80. The van der Waals surface area contributed by atoms with Gasteiger partial charge in [-0.05, 0) is 26.5 Å². The van der Waals surface area contributed by atoms with E-state index >= 15 is 0 Å². The van der Waals surface area contributed by atoms with Crippen LogP contribution in [0, 0.1) is 5.82 Å². The molecule has 0 aliphatic heterocycles. The zero-order valence-electron chi connectivity index (χ0n) is 15.3. The van der Waals surface area contributed by atoms with Gasteiger partial charge in [-0.1, -0.05) is 23.7 Å². The molecule has 2 rings (SSSR count). The summed E-state index contributed by atoms with van der Waals surface area (Å²) in [5.41, 5.74) is -1.07. The Balaban J connectivity index is 2.67. The van der Waals surface area contributed by atoms with E-state index in [1.807, 2.05) is 6.92 Å². The fraction of sp³-hybridized carbons (Fsp3) is 0.389. The molecule has 0 spiro atoms. The molecule has 0 amide bonds. The van der Waals surface area contributed by atoms with Crippen LogP contribution in [-0.4, -0.2) is 35.3 Å². The Morgan fingerprint density at radius 1 is 1.33 bits per heavy atom. The maximum absolute atomic E-state index is 13.8. The molecule has 0 radical (unpaired) electrons. The van der Waals surface area contributed by atoms with E-state index in [-0.39, 0.29) is 35.3 Å². The fourth-order valence-electron chi connectivity index (χ4n) is 2.53. The maximum atomic E-state index is 13.8. The molecule has 0 saturated heterocycles. The molecule has 1 atom stereocenters. The third kappa shape index (κ3) is 4.64. The van der Waals surface area contributed by atoms with E-state index in [0.717, 1.165) is 9.13 Å². The highest BCUT2D eigenvalue weighted by molar-refractivity contribution is 6.33. The standard InChI is InChI=1S/C18H21ClFN3O4/c1-11(21-2)7-8-23-17(25)13(12-5-4-6-14(20)16(12)19)9-22(18(23)26)10-15(24)27-3/h4-6,9,11,21H,7-8,10H2,1-3H3. The van der Waals surface area contributed by atoms with Crippen molar-refractivity contribution in [2.45, 2.75) is 32.5 Å². The van der Waals surface area contributed by atoms with Crippen LogP contribution in [0.1, 0.15) is 13.3 Å². The number of ether oxygens (including phenoxy) is 1. The first-order valence-corrected chi connectivity index (χ1v) is 8.70. The van der Waals surface area contributed by atoms with Crippen LogP contribution in [-0.2, 0) is 22.6 Å². The Bertz CT molecular complexity index is 955. The minimum atomic E-state index is -0.686. The van der Waals surface area contributed by atoms with Gasteiger partial charge in [0.25, 0.3) is 5.56 Å². The Labute approximate surface area is 160 Å². The number of hydrogen-bond acceptors (Lipinski definition) is 5. The predicted octanol–water partition coefficient (Wildman–Crippen LogP) is 1.64. The van der Waals surface area contributed by atoms with Crippen molar-refractivity contribution in [3.8, 4) is 11.1 Å². The highest BCUT2D eigenvalue weighted by Gasteiger charge is 2.18. The van der Waals surface area contributed by atoms with Crippen LogP contribution in [0.3, 0.4) is 0 Å². The molecule has 2 aromatic rings. The number of aromatic nitrogens is 2. The van der Waals surface area contributed by atoms with E-state index in [2.05, 4.69) is 10.1 Å². The minimum absolute atomic E-state index is 0.0279. The van der Waals surface area contributed by atoms with Crippen LogP contribution < -0.4 is 16.6 Å². The van der Waals surface area contributed by atoms with E-state index in [4.69, 9.17) is 11.6 Å². The smallest absolute Gasteiger partial charge is 0.331 e. The second-order valence-electron chi connectivity index (χ2n) is 6.07. The van der Waals surface area contributed by atoms with Crippen molar-refractivity contribution in [2.24, 2.45) is 0 Å². The lowest BCUT2D eigenvalue weighted by molar-refractivity contribution is -0.141. The zero-order valence-corrected chi connectivity index (χ0v) is 16.0. The summed E-state index contributed by atoms with van der Waals surface area (Å²) < 4.78 is 20.5. The zero-order chi connectivity index (χ0) is 20.1. The lowest BCUT2D eigenvalue weighted by Crippen LogP contribution is -2.42. The Hall–Kier alpha value is -2.45. The average molecular weight is 398 g/mol. The van der Waals surface area contributed by atoms with Crippen molar-refractivity contribution in [3.63, 3.8) is 0 Å². The first-order valence-electron chi connectivity index (χ1n) is 8.32. The summed E-state index contributed by atoms with van der Waals surface area (Å²) in [5.74, 6) is -1.34. The molecule has 146 valence electrons. The number of nitrogens with zero attached hydrogens (tertiary/aromatic N) is 2. The van der Waals surface area contributed by atoms with Crippen molar-refractivity contribution >= 4 is 17.6 Å². The van der Waals surface area contributed by atoms with Crippen LogP contribution in [0.25, 0.3) is 11.1 Å². The summed E-state index contributed by atoms with van der Waals surface area (Å²) in [4.78, 5) is 37.2. The first kappa shape index (κ1) is 20.9. The number of hydrogen-bond donors (Lipinski definition) is 1. The molecule has 0 bridgehead atoms. The molecule has 0 fully saturated rings. The van der Waals surface area contributed by atoms with E-state index in [0.29, 0.717) is 6.42 Å². The van der Waals surface area contributed by atoms with Gasteiger partial charge in [0.2, 0.25) is 0 Å². The van der Waals surface area contributed by atoms with Crippen LogP contribution in [0.5, 0.6) is 0 Å². The molecule has 7 nitrogen and oxygen atoms in total. The van der Waals surface area contributed by atoms with Gasteiger partial charge in [-0.15, -0.1) is 0 Å². The van der Waals surface area contributed by atoms with E-state index in [9.17, 15) is 18.8 Å². The van der Waals surface area contributed by atoms with Gasteiger partial charge in [-0.3, -0.25) is 18.7 Å².